The quantitative estimate of drug-likeness (QED) is 0.773. The summed E-state index contributed by atoms with van der Waals surface area (Å²) in [5.41, 5.74) is 5.51. The minimum Gasteiger partial charge on any atom is -0.384 e. The van der Waals surface area contributed by atoms with Crippen LogP contribution >= 0.6 is 15.9 Å². The fourth-order valence-corrected chi connectivity index (χ4v) is 1.34. The van der Waals surface area contributed by atoms with Gasteiger partial charge in [0.15, 0.2) is 0 Å². The van der Waals surface area contributed by atoms with Crippen LogP contribution in [-0.2, 0) is 0 Å². The Morgan fingerprint density at radius 2 is 2.09 bits per heavy atom. The molecule has 0 aliphatic heterocycles. The Kier molecular flexibility index (Phi) is 2.34. The molecule has 0 spiro atoms. The Hall–Kier alpha value is -0.770. The fourth-order valence-electron chi connectivity index (χ4n) is 0.760. The van der Waals surface area contributed by atoms with Crippen molar-refractivity contribution in [3.63, 3.8) is 0 Å². The van der Waals surface area contributed by atoms with Gasteiger partial charge in [-0.2, -0.15) is 0 Å². The molecule has 0 aliphatic carbocycles. The number of hydrogen-bond acceptors (Lipinski definition) is 3. The van der Waals surface area contributed by atoms with E-state index in [1.54, 1.807) is 6.07 Å². The number of nitrogens with zero attached hydrogens (tertiary/aromatic N) is 2. The van der Waals surface area contributed by atoms with Crippen LogP contribution < -0.4 is 10.6 Å². The van der Waals surface area contributed by atoms with E-state index in [-0.39, 0.29) is 0 Å². The van der Waals surface area contributed by atoms with E-state index in [0.29, 0.717) is 5.82 Å². The zero-order valence-electron chi connectivity index (χ0n) is 6.50. The third-order valence-corrected chi connectivity index (χ3v) is 1.89. The first-order valence-electron chi connectivity index (χ1n) is 3.20. The van der Waals surface area contributed by atoms with Gasteiger partial charge in [-0.1, -0.05) is 0 Å². The lowest BCUT2D eigenvalue weighted by Gasteiger charge is -2.12. The lowest BCUT2D eigenvalue weighted by Crippen LogP contribution is -2.11. The summed E-state index contributed by atoms with van der Waals surface area (Å²) in [6.07, 6.45) is 0. The van der Waals surface area contributed by atoms with Crippen molar-refractivity contribution in [2.24, 2.45) is 0 Å². The first-order valence-corrected chi connectivity index (χ1v) is 4.00. The summed E-state index contributed by atoms with van der Waals surface area (Å²) in [6.45, 7) is 0. The molecule has 0 fully saturated rings. The predicted octanol–water partition coefficient (Wildman–Crippen LogP) is 1.49. The Morgan fingerprint density at radius 3 is 2.55 bits per heavy atom. The van der Waals surface area contributed by atoms with Crippen LogP contribution in [-0.4, -0.2) is 19.1 Å². The van der Waals surface area contributed by atoms with E-state index < -0.39 is 0 Å². The van der Waals surface area contributed by atoms with Gasteiger partial charge in [-0.05, 0) is 28.1 Å². The molecule has 0 aromatic carbocycles. The summed E-state index contributed by atoms with van der Waals surface area (Å²) in [7, 11) is 3.85. The number of halogens is 1. The van der Waals surface area contributed by atoms with Crippen molar-refractivity contribution in [2.45, 2.75) is 0 Å². The zero-order valence-corrected chi connectivity index (χ0v) is 8.09. The van der Waals surface area contributed by atoms with Crippen molar-refractivity contribution in [2.75, 3.05) is 24.7 Å². The molecule has 1 aromatic heterocycles. The molecule has 0 saturated carbocycles. The number of nitrogens with two attached hydrogens (primary N) is 1. The second-order valence-electron chi connectivity index (χ2n) is 2.44. The average molecular weight is 216 g/mol. The summed E-state index contributed by atoms with van der Waals surface area (Å²) in [6, 6.07) is 3.65. The summed E-state index contributed by atoms with van der Waals surface area (Å²) >= 11 is 3.37. The molecule has 0 aliphatic rings. The number of rotatable bonds is 1. The Balaban J connectivity index is 3.13. The second-order valence-corrected chi connectivity index (χ2v) is 3.29. The van der Waals surface area contributed by atoms with Crippen molar-refractivity contribution in [3.8, 4) is 0 Å². The van der Waals surface area contributed by atoms with Crippen LogP contribution in [0.25, 0.3) is 0 Å². The average Bonchev–Trinajstić information content (AvgIpc) is 1.94. The van der Waals surface area contributed by atoms with Gasteiger partial charge in [-0.25, -0.2) is 4.98 Å². The summed E-state index contributed by atoms with van der Waals surface area (Å²) in [4.78, 5) is 6.03. The van der Waals surface area contributed by atoms with Gasteiger partial charge in [0, 0.05) is 14.1 Å². The van der Waals surface area contributed by atoms with E-state index in [4.69, 9.17) is 5.73 Å². The molecule has 1 aromatic rings. The van der Waals surface area contributed by atoms with Crippen molar-refractivity contribution in [1.29, 1.82) is 0 Å². The van der Waals surface area contributed by atoms with Crippen LogP contribution in [0.5, 0.6) is 0 Å². The minimum atomic E-state index is 0.539. The van der Waals surface area contributed by atoms with E-state index in [1.165, 1.54) is 0 Å². The molecule has 2 N–H and O–H groups in total. The van der Waals surface area contributed by atoms with E-state index >= 15 is 0 Å². The molecule has 60 valence electrons. The maximum atomic E-state index is 5.51. The van der Waals surface area contributed by atoms with Gasteiger partial charge in [-0.15, -0.1) is 0 Å². The molecular weight excluding hydrogens is 206 g/mol. The Bertz CT molecular complexity index is 260. The van der Waals surface area contributed by atoms with Crippen molar-refractivity contribution in [3.05, 3.63) is 16.6 Å². The SMILES string of the molecule is CN(C)c1nc(N)ccc1Br. The molecule has 0 amide bonds. The Labute approximate surface area is 74.3 Å². The smallest absolute Gasteiger partial charge is 0.144 e. The second kappa shape index (κ2) is 3.09. The molecule has 0 radical (unpaired) electrons. The molecule has 0 unspecified atom stereocenters. The third kappa shape index (κ3) is 1.83. The highest BCUT2D eigenvalue weighted by molar-refractivity contribution is 9.10. The molecule has 1 rings (SSSR count). The van der Waals surface area contributed by atoms with Crippen molar-refractivity contribution in [1.82, 2.24) is 4.98 Å². The number of anilines is 2. The summed E-state index contributed by atoms with van der Waals surface area (Å²) in [5.74, 6) is 1.39. The fraction of sp³-hybridized carbons (Fsp3) is 0.286. The summed E-state index contributed by atoms with van der Waals surface area (Å²) in [5, 5.41) is 0. The highest BCUT2D eigenvalue weighted by Crippen LogP contribution is 2.22. The summed E-state index contributed by atoms with van der Waals surface area (Å²) < 4.78 is 0.955. The zero-order chi connectivity index (χ0) is 8.43. The van der Waals surface area contributed by atoms with Crippen LogP contribution in [0.4, 0.5) is 11.6 Å². The maximum Gasteiger partial charge on any atom is 0.144 e. The monoisotopic (exact) mass is 215 g/mol. The van der Waals surface area contributed by atoms with Crippen LogP contribution in [0.1, 0.15) is 0 Å². The molecule has 11 heavy (non-hydrogen) atoms. The van der Waals surface area contributed by atoms with Gasteiger partial charge < -0.3 is 10.6 Å². The maximum absolute atomic E-state index is 5.51. The van der Waals surface area contributed by atoms with E-state index in [9.17, 15) is 0 Å². The lowest BCUT2D eigenvalue weighted by atomic mass is 10.4. The van der Waals surface area contributed by atoms with Gasteiger partial charge in [0.05, 0.1) is 4.47 Å². The number of hydrogen-bond donors (Lipinski definition) is 1. The first kappa shape index (κ1) is 8.33. The van der Waals surface area contributed by atoms with Crippen LogP contribution in [0, 0.1) is 0 Å². The van der Waals surface area contributed by atoms with E-state index in [0.717, 1.165) is 10.3 Å². The largest absolute Gasteiger partial charge is 0.384 e. The topological polar surface area (TPSA) is 42.2 Å². The number of nitrogen functional groups attached to an aromatic ring is 1. The molecular formula is C7H10BrN3. The molecule has 0 atom stereocenters. The van der Waals surface area contributed by atoms with Gasteiger partial charge in [0.25, 0.3) is 0 Å². The van der Waals surface area contributed by atoms with Crippen LogP contribution in [0.15, 0.2) is 16.6 Å². The Morgan fingerprint density at radius 1 is 1.45 bits per heavy atom. The molecule has 0 bridgehead atoms. The van der Waals surface area contributed by atoms with Gasteiger partial charge in [0.2, 0.25) is 0 Å². The van der Waals surface area contributed by atoms with Crippen molar-refractivity contribution < 1.29 is 0 Å². The van der Waals surface area contributed by atoms with Crippen LogP contribution in [0.2, 0.25) is 0 Å². The van der Waals surface area contributed by atoms with Gasteiger partial charge in [-0.3, -0.25) is 0 Å². The standard InChI is InChI=1S/C7H10BrN3/c1-11(2)7-5(8)3-4-6(9)10-7/h3-4H,1-2H3,(H2,9,10). The number of pyridine rings is 1. The normalized spacial score (nSPS) is 9.73. The van der Waals surface area contributed by atoms with Crippen LogP contribution in [0.3, 0.4) is 0 Å². The van der Waals surface area contributed by atoms with E-state index in [1.807, 2.05) is 25.1 Å². The van der Waals surface area contributed by atoms with Crippen molar-refractivity contribution >= 4 is 27.6 Å². The first-order chi connectivity index (χ1) is 5.11. The lowest BCUT2D eigenvalue weighted by molar-refractivity contribution is 1.06. The minimum absolute atomic E-state index is 0.539. The molecule has 3 nitrogen and oxygen atoms in total. The number of aromatic nitrogens is 1. The highest BCUT2D eigenvalue weighted by atomic mass is 79.9. The predicted molar refractivity (Wildman–Crippen MR) is 50.7 cm³/mol. The molecule has 4 heteroatoms. The molecule has 0 saturated heterocycles. The highest BCUT2D eigenvalue weighted by Gasteiger charge is 2.02. The van der Waals surface area contributed by atoms with Gasteiger partial charge >= 0.3 is 0 Å². The third-order valence-electron chi connectivity index (χ3n) is 1.27. The van der Waals surface area contributed by atoms with Gasteiger partial charge in [0.1, 0.15) is 11.6 Å². The molecule has 1 heterocycles. The van der Waals surface area contributed by atoms with E-state index in [2.05, 4.69) is 20.9 Å².